The summed E-state index contributed by atoms with van der Waals surface area (Å²) in [4.78, 5) is 27.3. The summed E-state index contributed by atoms with van der Waals surface area (Å²) in [6, 6.07) is 11.6. The van der Waals surface area contributed by atoms with E-state index in [0.29, 0.717) is 31.7 Å². The summed E-state index contributed by atoms with van der Waals surface area (Å²) in [5.74, 6) is 0.361. The highest BCUT2D eigenvalue weighted by molar-refractivity contribution is 5.92. The highest BCUT2D eigenvalue weighted by atomic mass is 16.5. The van der Waals surface area contributed by atoms with Crippen molar-refractivity contribution in [1.29, 1.82) is 0 Å². The smallest absolute Gasteiger partial charge is 0.246 e. The number of carbonyl (C=O) groups is 2. The Bertz CT molecular complexity index is 860. The van der Waals surface area contributed by atoms with Gasteiger partial charge in [0.1, 0.15) is 17.0 Å². The predicted octanol–water partition coefficient (Wildman–Crippen LogP) is 2.56. The van der Waals surface area contributed by atoms with Crippen molar-refractivity contribution in [1.82, 2.24) is 15.4 Å². The molecule has 1 N–H and O–H groups in total. The Balaban J connectivity index is 1.55. The lowest BCUT2D eigenvalue weighted by Gasteiger charge is -2.36. The zero-order valence-corrected chi connectivity index (χ0v) is 16.7. The summed E-state index contributed by atoms with van der Waals surface area (Å²) in [5, 5.41) is 7.20. The van der Waals surface area contributed by atoms with Crippen LogP contribution in [0.15, 0.2) is 40.9 Å². The number of ether oxygens (including phenoxy) is 1. The lowest BCUT2D eigenvalue weighted by molar-refractivity contribution is -0.144. The second-order valence-electron chi connectivity index (χ2n) is 7.87. The molecule has 1 aromatic heterocycles. The number of rotatable bonds is 6. The standard InChI is InChI=1S/C22H27N3O4/c1-16(26)25-11-6-10-22(25,21(27)23-15-18-9-5-12-28-18)14-19-13-20(24-29-19)17-7-3-2-4-8-17/h2-4,7-8,13,18H,5-6,9-12,14-15H2,1H3,(H,23,27). The fourth-order valence-corrected chi connectivity index (χ4v) is 4.44. The molecule has 2 aliphatic heterocycles. The minimum atomic E-state index is -0.946. The Morgan fingerprint density at radius 1 is 1.28 bits per heavy atom. The van der Waals surface area contributed by atoms with Gasteiger partial charge in [0.2, 0.25) is 11.8 Å². The van der Waals surface area contributed by atoms with Crippen LogP contribution in [0.1, 0.15) is 38.4 Å². The minimum absolute atomic E-state index is 0.0538. The molecule has 2 amide bonds. The fraction of sp³-hybridized carbons (Fsp3) is 0.500. The van der Waals surface area contributed by atoms with Crippen molar-refractivity contribution in [2.45, 2.75) is 50.7 Å². The van der Waals surface area contributed by atoms with Crippen LogP contribution < -0.4 is 5.32 Å². The second kappa shape index (κ2) is 8.37. The van der Waals surface area contributed by atoms with Crippen molar-refractivity contribution < 1.29 is 18.8 Å². The number of aromatic nitrogens is 1. The first-order valence-corrected chi connectivity index (χ1v) is 10.3. The highest BCUT2D eigenvalue weighted by Gasteiger charge is 2.49. The SMILES string of the molecule is CC(=O)N1CCCC1(Cc1cc(-c2ccccc2)no1)C(=O)NCC1CCCO1. The molecular formula is C22H27N3O4. The van der Waals surface area contributed by atoms with Gasteiger partial charge in [0.15, 0.2) is 0 Å². The van der Waals surface area contributed by atoms with Gasteiger partial charge in [-0.2, -0.15) is 0 Å². The number of carbonyl (C=O) groups excluding carboxylic acids is 2. The van der Waals surface area contributed by atoms with E-state index < -0.39 is 5.54 Å². The molecule has 0 aliphatic carbocycles. The molecule has 2 saturated heterocycles. The van der Waals surface area contributed by atoms with Crippen molar-refractivity contribution in [2.24, 2.45) is 0 Å². The maximum Gasteiger partial charge on any atom is 0.246 e. The molecule has 2 fully saturated rings. The van der Waals surface area contributed by atoms with Crippen molar-refractivity contribution >= 4 is 11.8 Å². The average Bonchev–Trinajstić information content (AvgIpc) is 3.48. The zero-order valence-electron chi connectivity index (χ0n) is 16.7. The van der Waals surface area contributed by atoms with E-state index in [4.69, 9.17) is 9.26 Å². The molecule has 0 spiro atoms. The summed E-state index contributed by atoms with van der Waals surface area (Å²) in [7, 11) is 0. The predicted molar refractivity (Wildman–Crippen MR) is 107 cm³/mol. The molecule has 2 aliphatic rings. The monoisotopic (exact) mass is 397 g/mol. The van der Waals surface area contributed by atoms with E-state index in [-0.39, 0.29) is 17.9 Å². The Morgan fingerprint density at radius 2 is 2.10 bits per heavy atom. The Kier molecular flexibility index (Phi) is 5.67. The average molecular weight is 397 g/mol. The van der Waals surface area contributed by atoms with Gasteiger partial charge in [-0.05, 0) is 25.7 Å². The largest absolute Gasteiger partial charge is 0.376 e. The first-order chi connectivity index (χ1) is 14.1. The normalized spacial score (nSPS) is 24.0. The number of benzene rings is 1. The molecule has 7 nitrogen and oxygen atoms in total. The van der Waals surface area contributed by atoms with Gasteiger partial charge in [-0.25, -0.2) is 0 Å². The summed E-state index contributed by atoms with van der Waals surface area (Å²) >= 11 is 0. The first kappa shape index (κ1) is 19.6. The molecule has 0 radical (unpaired) electrons. The van der Waals surface area contributed by atoms with Crippen molar-refractivity contribution in [3.63, 3.8) is 0 Å². The van der Waals surface area contributed by atoms with Crippen LogP contribution in [0.25, 0.3) is 11.3 Å². The van der Waals surface area contributed by atoms with Gasteiger partial charge in [-0.3, -0.25) is 9.59 Å². The van der Waals surface area contributed by atoms with Gasteiger partial charge >= 0.3 is 0 Å². The quantitative estimate of drug-likeness (QED) is 0.810. The van der Waals surface area contributed by atoms with Crippen molar-refractivity contribution in [3.05, 3.63) is 42.2 Å². The summed E-state index contributed by atoms with van der Waals surface area (Å²) < 4.78 is 11.2. The number of amides is 2. The molecule has 0 bridgehead atoms. The van der Waals surface area contributed by atoms with Crippen molar-refractivity contribution in [3.8, 4) is 11.3 Å². The topological polar surface area (TPSA) is 84.7 Å². The molecule has 7 heteroatoms. The Morgan fingerprint density at radius 3 is 2.83 bits per heavy atom. The fourth-order valence-electron chi connectivity index (χ4n) is 4.44. The summed E-state index contributed by atoms with van der Waals surface area (Å²) in [6.45, 7) is 3.30. The van der Waals surface area contributed by atoms with Crippen LogP contribution in [0.3, 0.4) is 0 Å². The van der Waals surface area contributed by atoms with E-state index in [0.717, 1.165) is 37.1 Å². The number of hydrogen-bond acceptors (Lipinski definition) is 5. The van der Waals surface area contributed by atoms with Gasteiger partial charge in [-0.1, -0.05) is 35.5 Å². The van der Waals surface area contributed by atoms with Gasteiger partial charge in [0, 0.05) is 44.7 Å². The van der Waals surface area contributed by atoms with E-state index >= 15 is 0 Å². The van der Waals surface area contributed by atoms with Crippen molar-refractivity contribution in [2.75, 3.05) is 19.7 Å². The molecule has 2 aromatic rings. The molecular weight excluding hydrogens is 370 g/mol. The van der Waals surface area contributed by atoms with Crippen LogP contribution in [0.4, 0.5) is 0 Å². The van der Waals surface area contributed by atoms with E-state index in [1.807, 2.05) is 36.4 Å². The maximum absolute atomic E-state index is 13.3. The van der Waals surface area contributed by atoms with Crippen LogP contribution in [0.2, 0.25) is 0 Å². The van der Waals surface area contributed by atoms with Gasteiger partial charge in [0.25, 0.3) is 0 Å². The molecule has 3 heterocycles. The highest BCUT2D eigenvalue weighted by Crippen LogP contribution is 2.34. The van der Waals surface area contributed by atoms with Crippen LogP contribution >= 0.6 is 0 Å². The second-order valence-corrected chi connectivity index (χ2v) is 7.87. The molecule has 4 rings (SSSR count). The van der Waals surface area contributed by atoms with E-state index in [1.54, 1.807) is 4.90 Å². The van der Waals surface area contributed by atoms with Crippen LogP contribution in [0.5, 0.6) is 0 Å². The third kappa shape index (κ3) is 4.05. The number of nitrogens with zero attached hydrogens (tertiary/aromatic N) is 2. The Hall–Kier alpha value is -2.67. The van der Waals surface area contributed by atoms with Crippen LogP contribution in [0, 0.1) is 0 Å². The maximum atomic E-state index is 13.3. The van der Waals surface area contributed by atoms with Gasteiger partial charge in [0.05, 0.1) is 6.10 Å². The third-order valence-electron chi connectivity index (χ3n) is 5.90. The van der Waals surface area contributed by atoms with Crippen LogP contribution in [-0.2, 0) is 20.7 Å². The third-order valence-corrected chi connectivity index (χ3v) is 5.90. The molecule has 2 unspecified atom stereocenters. The van der Waals surface area contributed by atoms with Crippen LogP contribution in [-0.4, -0.2) is 53.2 Å². The number of nitrogens with one attached hydrogen (secondary N) is 1. The molecule has 0 saturated carbocycles. The molecule has 29 heavy (non-hydrogen) atoms. The summed E-state index contributed by atoms with van der Waals surface area (Å²) in [5.41, 5.74) is 0.731. The molecule has 154 valence electrons. The van der Waals surface area contributed by atoms with E-state index in [2.05, 4.69) is 10.5 Å². The minimum Gasteiger partial charge on any atom is -0.376 e. The number of hydrogen-bond donors (Lipinski definition) is 1. The van der Waals surface area contributed by atoms with Gasteiger partial charge in [-0.15, -0.1) is 0 Å². The lowest BCUT2D eigenvalue weighted by atomic mass is 9.89. The molecule has 2 atom stereocenters. The van der Waals surface area contributed by atoms with E-state index in [1.165, 1.54) is 6.92 Å². The Labute approximate surface area is 170 Å². The zero-order chi connectivity index (χ0) is 20.3. The van der Waals surface area contributed by atoms with Gasteiger partial charge < -0.3 is 19.5 Å². The number of likely N-dealkylation sites (tertiary alicyclic amines) is 1. The first-order valence-electron chi connectivity index (χ1n) is 10.3. The lowest BCUT2D eigenvalue weighted by Crippen LogP contribution is -2.59. The summed E-state index contributed by atoms with van der Waals surface area (Å²) in [6.07, 6.45) is 3.72. The van der Waals surface area contributed by atoms with E-state index in [9.17, 15) is 9.59 Å². The molecule has 1 aromatic carbocycles.